The van der Waals surface area contributed by atoms with Gasteiger partial charge in [0, 0.05) is 11.1 Å². The number of carbonyl (C=O) groups is 1. The van der Waals surface area contributed by atoms with Crippen molar-refractivity contribution in [3.63, 3.8) is 0 Å². The molecule has 0 unspecified atom stereocenters. The minimum Gasteiger partial charge on any atom is -0.289 e. The molecule has 0 saturated carbocycles. The van der Waals surface area contributed by atoms with Crippen LogP contribution in [-0.4, -0.2) is 5.78 Å². The summed E-state index contributed by atoms with van der Waals surface area (Å²) in [4.78, 5) is 12.7. The highest BCUT2D eigenvalue weighted by Gasteiger charge is 2.17. The third-order valence-corrected chi connectivity index (χ3v) is 4.07. The highest BCUT2D eigenvalue weighted by Crippen LogP contribution is 2.25. The van der Waals surface area contributed by atoms with E-state index in [4.69, 9.17) is 0 Å². The first-order valence-electron chi connectivity index (χ1n) is 6.89. The SMILES string of the molecule is Cc1cccc(C)c1C(=O)c1ccc2c(c1)CCC2. The zero-order valence-corrected chi connectivity index (χ0v) is 11.5. The molecule has 0 aromatic heterocycles. The molecular weight excluding hydrogens is 232 g/mol. The molecule has 0 fully saturated rings. The zero-order valence-electron chi connectivity index (χ0n) is 11.5. The van der Waals surface area contributed by atoms with Gasteiger partial charge in [0.25, 0.3) is 0 Å². The van der Waals surface area contributed by atoms with E-state index < -0.39 is 0 Å². The minimum absolute atomic E-state index is 0.158. The van der Waals surface area contributed by atoms with Crippen LogP contribution < -0.4 is 0 Å². The molecule has 2 aromatic rings. The van der Waals surface area contributed by atoms with E-state index in [1.807, 2.05) is 38.1 Å². The van der Waals surface area contributed by atoms with Crippen LogP contribution in [0.1, 0.15) is 44.6 Å². The first-order valence-corrected chi connectivity index (χ1v) is 6.89. The highest BCUT2D eigenvalue weighted by molar-refractivity contribution is 6.10. The van der Waals surface area contributed by atoms with E-state index in [1.165, 1.54) is 17.5 Å². The number of benzene rings is 2. The van der Waals surface area contributed by atoms with E-state index in [9.17, 15) is 4.79 Å². The Morgan fingerprint density at radius 3 is 2.37 bits per heavy atom. The van der Waals surface area contributed by atoms with Gasteiger partial charge in [-0.25, -0.2) is 0 Å². The number of aryl methyl sites for hydroxylation is 4. The Hall–Kier alpha value is -1.89. The lowest BCUT2D eigenvalue weighted by atomic mass is 9.93. The van der Waals surface area contributed by atoms with Gasteiger partial charge in [-0.1, -0.05) is 30.3 Å². The fourth-order valence-corrected chi connectivity index (χ4v) is 3.03. The Bertz CT molecular complexity index is 632. The Labute approximate surface area is 114 Å². The second kappa shape index (κ2) is 4.65. The van der Waals surface area contributed by atoms with Gasteiger partial charge < -0.3 is 0 Å². The highest BCUT2D eigenvalue weighted by atomic mass is 16.1. The Morgan fingerprint density at radius 1 is 0.947 bits per heavy atom. The van der Waals surface area contributed by atoms with Crippen molar-refractivity contribution in [2.45, 2.75) is 33.1 Å². The van der Waals surface area contributed by atoms with E-state index in [2.05, 4.69) is 12.1 Å². The minimum atomic E-state index is 0.158. The normalized spacial score (nSPS) is 13.4. The molecule has 0 saturated heterocycles. The average molecular weight is 250 g/mol. The van der Waals surface area contributed by atoms with Crippen LogP contribution in [0.15, 0.2) is 36.4 Å². The molecule has 1 aliphatic carbocycles. The molecule has 0 radical (unpaired) electrons. The number of rotatable bonds is 2. The molecule has 0 bridgehead atoms. The number of hydrogen-bond acceptors (Lipinski definition) is 1. The van der Waals surface area contributed by atoms with E-state index >= 15 is 0 Å². The van der Waals surface area contributed by atoms with Gasteiger partial charge in [0.2, 0.25) is 0 Å². The first-order chi connectivity index (χ1) is 9.16. The quantitative estimate of drug-likeness (QED) is 0.736. The third-order valence-electron chi connectivity index (χ3n) is 4.07. The van der Waals surface area contributed by atoms with Gasteiger partial charge >= 0.3 is 0 Å². The van der Waals surface area contributed by atoms with Crippen molar-refractivity contribution in [3.8, 4) is 0 Å². The zero-order chi connectivity index (χ0) is 13.4. The molecule has 3 rings (SSSR count). The standard InChI is InChI=1S/C18H18O/c1-12-5-3-6-13(2)17(12)18(19)16-10-9-14-7-4-8-15(14)11-16/h3,5-6,9-11H,4,7-8H2,1-2H3. The molecule has 0 atom stereocenters. The first kappa shape index (κ1) is 12.2. The number of fused-ring (bicyclic) bond motifs is 1. The van der Waals surface area contributed by atoms with Crippen molar-refractivity contribution in [3.05, 3.63) is 69.8 Å². The van der Waals surface area contributed by atoms with Gasteiger partial charge in [-0.05, 0) is 61.4 Å². The summed E-state index contributed by atoms with van der Waals surface area (Å²) < 4.78 is 0. The smallest absolute Gasteiger partial charge is 0.193 e. The van der Waals surface area contributed by atoms with Crippen molar-refractivity contribution in [2.75, 3.05) is 0 Å². The van der Waals surface area contributed by atoms with Crippen molar-refractivity contribution in [2.24, 2.45) is 0 Å². The van der Waals surface area contributed by atoms with Gasteiger partial charge in [0.05, 0.1) is 0 Å². The van der Waals surface area contributed by atoms with Crippen LogP contribution >= 0.6 is 0 Å². The second-order valence-corrected chi connectivity index (χ2v) is 5.43. The lowest BCUT2D eigenvalue weighted by molar-refractivity contribution is 0.103. The van der Waals surface area contributed by atoms with Crippen LogP contribution in [0.25, 0.3) is 0 Å². The lowest BCUT2D eigenvalue weighted by Crippen LogP contribution is -2.06. The van der Waals surface area contributed by atoms with E-state index in [1.54, 1.807) is 0 Å². The molecule has 2 aromatic carbocycles. The monoisotopic (exact) mass is 250 g/mol. The molecule has 0 amide bonds. The number of carbonyl (C=O) groups excluding carboxylic acids is 1. The molecule has 0 aliphatic heterocycles. The van der Waals surface area contributed by atoms with Crippen LogP contribution in [0.5, 0.6) is 0 Å². The molecular formula is C18H18O. The molecule has 0 heterocycles. The van der Waals surface area contributed by atoms with Crippen LogP contribution in [0.3, 0.4) is 0 Å². The predicted octanol–water partition coefficient (Wildman–Crippen LogP) is 4.02. The van der Waals surface area contributed by atoms with Gasteiger partial charge in [-0.3, -0.25) is 4.79 Å². The van der Waals surface area contributed by atoms with Gasteiger partial charge in [-0.2, -0.15) is 0 Å². The predicted molar refractivity (Wildman–Crippen MR) is 77.8 cm³/mol. The fraction of sp³-hybridized carbons (Fsp3) is 0.278. The van der Waals surface area contributed by atoms with Crippen LogP contribution in [0.2, 0.25) is 0 Å². The fourth-order valence-electron chi connectivity index (χ4n) is 3.03. The third kappa shape index (κ3) is 2.10. The molecule has 0 spiro atoms. The summed E-state index contributed by atoms with van der Waals surface area (Å²) in [7, 11) is 0. The van der Waals surface area contributed by atoms with Crippen molar-refractivity contribution >= 4 is 5.78 Å². The van der Waals surface area contributed by atoms with E-state index in [0.29, 0.717) is 0 Å². The van der Waals surface area contributed by atoms with Crippen molar-refractivity contribution in [1.29, 1.82) is 0 Å². The summed E-state index contributed by atoms with van der Waals surface area (Å²) in [5, 5.41) is 0. The maximum absolute atomic E-state index is 12.7. The average Bonchev–Trinajstić information content (AvgIpc) is 2.85. The van der Waals surface area contributed by atoms with Gasteiger partial charge in [0.1, 0.15) is 0 Å². The molecule has 0 N–H and O–H groups in total. The van der Waals surface area contributed by atoms with E-state index in [-0.39, 0.29) is 5.78 Å². The molecule has 1 nitrogen and oxygen atoms in total. The Kier molecular flexibility index (Phi) is 2.98. The maximum atomic E-state index is 12.7. The van der Waals surface area contributed by atoms with E-state index in [0.717, 1.165) is 35.1 Å². The number of hydrogen-bond donors (Lipinski definition) is 0. The summed E-state index contributed by atoms with van der Waals surface area (Å²) in [6.45, 7) is 4.02. The summed E-state index contributed by atoms with van der Waals surface area (Å²) in [5.74, 6) is 0.158. The topological polar surface area (TPSA) is 17.1 Å². The molecule has 1 aliphatic rings. The lowest BCUT2D eigenvalue weighted by Gasteiger charge is -2.10. The molecule has 96 valence electrons. The van der Waals surface area contributed by atoms with Crippen LogP contribution in [0.4, 0.5) is 0 Å². The Morgan fingerprint density at radius 2 is 1.63 bits per heavy atom. The summed E-state index contributed by atoms with van der Waals surface area (Å²) in [6.07, 6.45) is 3.49. The Balaban J connectivity index is 2.05. The van der Waals surface area contributed by atoms with Crippen molar-refractivity contribution in [1.82, 2.24) is 0 Å². The summed E-state index contributed by atoms with van der Waals surface area (Å²) in [6, 6.07) is 12.2. The molecule has 1 heteroatoms. The molecule has 19 heavy (non-hydrogen) atoms. The van der Waals surface area contributed by atoms with Crippen molar-refractivity contribution < 1.29 is 4.79 Å². The maximum Gasteiger partial charge on any atom is 0.193 e. The summed E-state index contributed by atoms with van der Waals surface area (Å²) >= 11 is 0. The van der Waals surface area contributed by atoms with Crippen LogP contribution in [0, 0.1) is 13.8 Å². The largest absolute Gasteiger partial charge is 0.289 e. The number of ketones is 1. The van der Waals surface area contributed by atoms with Gasteiger partial charge in [-0.15, -0.1) is 0 Å². The van der Waals surface area contributed by atoms with Gasteiger partial charge in [0.15, 0.2) is 5.78 Å². The van der Waals surface area contributed by atoms with Crippen LogP contribution in [-0.2, 0) is 12.8 Å². The second-order valence-electron chi connectivity index (χ2n) is 5.43. The summed E-state index contributed by atoms with van der Waals surface area (Å²) in [5.41, 5.74) is 6.59.